The van der Waals surface area contributed by atoms with E-state index in [1.165, 1.54) is 5.56 Å². The van der Waals surface area contributed by atoms with Crippen molar-refractivity contribution in [1.29, 1.82) is 0 Å². The number of hydrogen-bond donors (Lipinski definition) is 1. The Bertz CT molecular complexity index is 789. The van der Waals surface area contributed by atoms with Crippen LogP contribution in [0.4, 0.5) is 11.4 Å². The van der Waals surface area contributed by atoms with Crippen LogP contribution in [0.2, 0.25) is 0 Å². The number of ether oxygens (including phenoxy) is 1. The van der Waals surface area contributed by atoms with Gasteiger partial charge in [0.25, 0.3) is 0 Å². The Hall–Kier alpha value is -2.86. The molecular weight excluding hydrogens is 330 g/mol. The number of carbonyl (C=O) groups is 2. The molecule has 2 aromatic carbocycles. The van der Waals surface area contributed by atoms with E-state index in [2.05, 4.69) is 11.4 Å². The summed E-state index contributed by atoms with van der Waals surface area (Å²) in [5.74, 6) is 0.582. The number of rotatable bonds is 6. The maximum atomic E-state index is 12.6. The molecule has 0 unspecified atom stereocenters. The maximum Gasteiger partial charge on any atom is 0.241 e. The number of likely N-dealkylation sites (N-methyl/N-ethyl adjacent to an activating group) is 1. The Labute approximate surface area is 153 Å². The van der Waals surface area contributed by atoms with Crippen molar-refractivity contribution in [2.75, 3.05) is 44.0 Å². The number of amides is 2. The quantitative estimate of drug-likeness (QED) is 0.864. The van der Waals surface area contributed by atoms with Crippen LogP contribution in [0.3, 0.4) is 0 Å². The molecule has 136 valence electrons. The summed E-state index contributed by atoms with van der Waals surface area (Å²) in [7, 11) is 3.37. The van der Waals surface area contributed by atoms with Crippen molar-refractivity contribution in [3.05, 3.63) is 54.1 Å². The van der Waals surface area contributed by atoms with E-state index in [9.17, 15) is 9.59 Å². The Morgan fingerprint density at radius 3 is 2.58 bits per heavy atom. The molecule has 1 heterocycles. The Kier molecular flexibility index (Phi) is 5.53. The lowest BCUT2D eigenvalue weighted by atomic mass is 10.2. The van der Waals surface area contributed by atoms with Gasteiger partial charge in [0.15, 0.2) is 0 Å². The molecule has 0 fully saturated rings. The van der Waals surface area contributed by atoms with Crippen LogP contribution in [0.1, 0.15) is 5.56 Å². The molecule has 0 radical (unpaired) electrons. The number of nitrogens with zero attached hydrogens (tertiary/aromatic N) is 2. The molecule has 1 aliphatic heterocycles. The zero-order valence-electron chi connectivity index (χ0n) is 15.1. The molecule has 1 N–H and O–H groups in total. The highest BCUT2D eigenvalue weighted by Crippen LogP contribution is 2.27. The Balaban J connectivity index is 1.51. The van der Waals surface area contributed by atoms with Gasteiger partial charge in [0.1, 0.15) is 5.75 Å². The average molecular weight is 353 g/mol. The molecule has 6 heteroatoms. The van der Waals surface area contributed by atoms with Gasteiger partial charge in [0.2, 0.25) is 11.8 Å². The zero-order valence-corrected chi connectivity index (χ0v) is 15.1. The van der Waals surface area contributed by atoms with Gasteiger partial charge < -0.3 is 15.0 Å². The molecule has 0 saturated heterocycles. The highest BCUT2D eigenvalue weighted by atomic mass is 16.5. The van der Waals surface area contributed by atoms with E-state index in [4.69, 9.17) is 4.74 Å². The number of nitrogens with one attached hydrogen (secondary N) is 1. The number of methoxy groups -OCH3 is 1. The number of para-hydroxylation sites is 1. The first-order valence-corrected chi connectivity index (χ1v) is 8.57. The van der Waals surface area contributed by atoms with Crippen molar-refractivity contribution in [1.82, 2.24) is 4.90 Å². The van der Waals surface area contributed by atoms with Crippen LogP contribution in [0, 0.1) is 0 Å². The van der Waals surface area contributed by atoms with Crippen molar-refractivity contribution < 1.29 is 14.3 Å². The average Bonchev–Trinajstić information content (AvgIpc) is 3.06. The third kappa shape index (κ3) is 4.21. The zero-order chi connectivity index (χ0) is 18.5. The van der Waals surface area contributed by atoms with Crippen LogP contribution in [-0.4, -0.2) is 50.5 Å². The molecule has 1 aliphatic rings. The van der Waals surface area contributed by atoms with Gasteiger partial charge in [-0.3, -0.25) is 14.5 Å². The van der Waals surface area contributed by atoms with E-state index in [1.807, 2.05) is 18.2 Å². The number of hydrogen-bond acceptors (Lipinski definition) is 4. The minimum Gasteiger partial charge on any atom is -0.497 e. The van der Waals surface area contributed by atoms with Crippen LogP contribution in [0.15, 0.2) is 48.5 Å². The lowest BCUT2D eigenvalue weighted by Gasteiger charge is -2.21. The molecule has 0 bridgehead atoms. The molecule has 0 spiro atoms. The Morgan fingerprint density at radius 1 is 1.12 bits per heavy atom. The normalized spacial score (nSPS) is 12.8. The van der Waals surface area contributed by atoms with Crippen molar-refractivity contribution in [3.63, 3.8) is 0 Å². The summed E-state index contributed by atoms with van der Waals surface area (Å²) in [4.78, 5) is 28.3. The van der Waals surface area contributed by atoms with Crippen LogP contribution >= 0.6 is 0 Å². The van der Waals surface area contributed by atoms with E-state index < -0.39 is 0 Å². The van der Waals surface area contributed by atoms with E-state index in [0.29, 0.717) is 12.2 Å². The molecule has 2 amide bonds. The lowest BCUT2D eigenvalue weighted by Crippen LogP contribution is -2.40. The number of benzene rings is 2. The van der Waals surface area contributed by atoms with Gasteiger partial charge in [-0.05, 0) is 49.4 Å². The standard InChI is InChI=1S/C20H23N3O3/c1-22(13-19(24)21-16-7-9-17(26-2)10-8-16)14-20(25)23-12-11-15-5-3-4-6-18(15)23/h3-10H,11-14H2,1-2H3,(H,21,24). The SMILES string of the molecule is COc1ccc(NC(=O)CN(C)CC(=O)N2CCc3ccccc32)cc1. The number of anilines is 2. The van der Waals surface area contributed by atoms with Gasteiger partial charge >= 0.3 is 0 Å². The molecule has 6 nitrogen and oxygen atoms in total. The van der Waals surface area contributed by atoms with E-state index in [0.717, 1.165) is 17.9 Å². The van der Waals surface area contributed by atoms with Gasteiger partial charge in [-0.15, -0.1) is 0 Å². The molecule has 0 aromatic heterocycles. The fraction of sp³-hybridized carbons (Fsp3) is 0.300. The highest BCUT2D eigenvalue weighted by Gasteiger charge is 2.25. The maximum absolute atomic E-state index is 12.6. The van der Waals surface area contributed by atoms with Gasteiger partial charge in [-0.25, -0.2) is 0 Å². The van der Waals surface area contributed by atoms with Gasteiger partial charge in [-0.1, -0.05) is 18.2 Å². The van der Waals surface area contributed by atoms with Gasteiger partial charge in [-0.2, -0.15) is 0 Å². The predicted octanol–water partition coefficient (Wildman–Crippen LogP) is 2.15. The van der Waals surface area contributed by atoms with Crippen molar-refractivity contribution in [3.8, 4) is 5.75 Å². The van der Waals surface area contributed by atoms with E-state index >= 15 is 0 Å². The number of fused-ring (bicyclic) bond motifs is 1. The molecule has 0 saturated carbocycles. The smallest absolute Gasteiger partial charge is 0.241 e. The fourth-order valence-corrected chi connectivity index (χ4v) is 3.09. The Morgan fingerprint density at radius 2 is 1.85 bits per heavy atom. The minimum atomic E-state index is -0.160. The lowest BCUT2D eigenvalue weighted by molar-refractivity contribution is -0.120. The van der Waals surface area contributed by atoms with Gasteiger partial charge in [0, 0.05) is 17.9 Å². The summed E-state index contributed by atoms with van der Waals surface area (Å²) >= 11 is 0. The van der Waals surface area contributed by atoms with Crippen molar-refractivity contribution >= 4 is 23.2 Å². The van der Waals surface area contributed by atoms with E-state index in [1.54, 1.807) is 48.2 Å². The molecule has 2 aromatic rings. The van der Waals surface area contributed by atoms with Crippen LogP contribution < -0.4 is 15.0 Å². The fourth-order valence-electron chi connectivity index (χ4n) is 3.09. The molecule has 0 atom stereocenters. The summed E-state index contributed by atoms with van der Waals surface area (Å²) in [5.41, 5.74) is 2.87. The molecule has 26 heavy (non-hydrogen) atoms. The van der Waals surface area contributed by atoms with Crippen molar-refractivity contribution in [2.24, 2.45) is 0 Å². The summed E-state index contributed by atoms with van der Waals surface area (Å²) in [5, 5.41) is 2.82. The first-order valence-electron chi connectivity index (χ1n) is 8.57. The molecule has 3 rings (SSSR count). The second-order valence-electron chi connectivity index (χ2n) is 6.37. The third-order valence-electron chi connectivity index (χ3n) is 4.38. The largest absolute Gasteiger partial charge is 0.497 e. The van der Waals surface area contributed by atoms with Crippen LogP contribution in [-0.2, 0) is 16.0 Å². The second kappa shape index (κ2) is 8.01. The van der Waals surface area contributed by atoms with Crippen molar-refractivity contribution in [2.45, 2.75) is 6.42 Å². The summed E-state index contributed by atoms with van der Waals surface area (Å²) in [6.45, 7) is 1.04. The first-order chi connectivity index (χ1) is 12.6. The highest BCUT2D eigenvalue weighted by molar-refractivity contribution is 5.97. The topological polar surface area (TPSA) is 61.9 Å². The second-order valence-corrected chi connectivity index (χ2v) is 6.37. The summed E-state index contributed by atoms with van der Waals surface area (Å²) < 4.78 is 5.09. The third-order valence-corrected chi connectivity index (χ3v) is 4.38. The monoisotopic (exact) mass is 353 g/mol. The van der Waals surface area contributed by atoms with Crippen LogP contribution in [0.25, 0.3) is 0 Å². The first kappa shape index (κ1) is 17.9. The molecule has 0 aliphatic carbocycles. The summed E-state index contributed by atoms with van der Waals surface area (Å²) in [6.07, 6.45) is 0.879. The minimum absolute atomic E-state index is 0.00898. The van der Waals surface area contributed by atoms with E-state index in [-0.39, 0.29) is 24.9 Å². The number of carbonyl (C=O) groups excluding carboxylic acids is 2. The summed E-state index contributed by atoms with van der Waals surface area (Å²) in [6, 6.07) is 15.1. The van der Waals surface area contributed by atoms with Crippen LogP contribution in [0.5, 0.6) is 5.75 Å². The predicted molar refractivity (Wildman–Crippen MR) is 102 cm³/mol. The van der Waals surface area contributed by atoms with Gasteiger partial charge in [0.05, 0.1) is 20.2 Å². The molecular formula is C20H23N3O3.